The Balaban J connectivity index is 2.06. The summed E-state index contributed by atoms with van der Waals surface area (Å²) in [6.07, 6.45) is 2.56. The van der Waals surface area contributed by atoms with Gasteiger partial charge in [0.15, 0.2) is 16.7 Å². The van der Waals surface area contributed by atoms with Gasteiger partial charge in [-0.15, -0.1) is 5.10 Å². The molecule has 1 aliphatic rings. The maximum absolute atomic E-state index is 11.7. The van der Waals surface area contributed by atoms with Crippen molar-refractivity contribution >= 4 is 35.0 Å². The van der Waals surface area contributed by atoms with Gasteiger partial charge in [-0.25, -0.2) is 4.79 Å². The van der Waals surface area contributed by atoms with Crippen molar-refractivity contribution in [3.8, 4) is 11.5 Å². The second kappa shape index (κ2) is 9.59. The zero-order chi connectivity index (χ0) is 18.9. The SMILES string of the molecule is COC(=O)/C=C1/S/C(=N\N=Cc2ccc(OCCO)c(OC)c2)NC1=O. The minimum atomic E-state index is -0.622. The maximum atomic E-state index is 11.7. The lowest BCUT2D eigenvalue weighted by Crippen LogP contribution is -2.19. The quantitative estimate of drug-likeness (QED) is 0.309. The summed E-state index contributed by atoms with van der Waals surface area (Å²) in [4.78, 5) is 23.0. The van der Waals surface area contributed by atoms with Gasteiger partial charge in [-0.2, -0.15) is 5.10 Å². The van der Waals surface area contributed by atoms with Crippen LogP contribution in [0.1, 0.15) is 5.56 Å². The highest BCUT2D eigenvalue weighted by molar-refractivity contribution is 8.18. The zero-order valence-corrected chi connectivity index (χ0v) is 14.9. The summed E-state index contributed by atoms with van der Waals surface area (Å²) < 4.78 is 15.0. The number of methoxy groups -OCH3 is 2. The summed E-state index contributed by atoms with van der Waals surface area (Å²) in [7, 11) is 2.73. The van der Waals surface area contributed by atoms with Crippen LogP contribution in [0.2, 0.25) is 0 Å². The van der Waals surface area contributed by atoms with Crippen LogP contribution in [0.3, 0.4) is 0 Å². The number of rotatable bonds is 7. The highest BCUT2D eigenvalue weighted by atomic mass is 32.2. The third-order valence-corrected chi connectivity index (χ3v) is 3.89. The highest BCUT2D eigenvalue weighted by Crippen LogP contribution is 2.27. The molecule has 0 aromatic heterocycles. The molecule has 1 aromatic carbocycles. The lowest BCUT2D eigenvalue weighted by molar-refractivity contribution is -0.135. The molecule has 1 saturated heterocycles. The van der Waals surface area contributed by atoms with Crippen LogP contribution >= 0.6 is 11.8 Å². The first-order valence-electron chi connectivity index (χ1n) is 7.39. The summed E-state index contributed by atoms with van der Waals surface area (Å²) >= 11 is 0.984. The smallest absolute Gasteiger partial charge is 0.331 e. The average Bonchev–Trinajstić information content (AvgIpc) is 2.99. The number of hydrogen-bond acceptors (Lipinski definition) is 9. The number of esters is 1. The monoisotopic (exact) mass is 379 g/mol. The number of amides is 1. The van der Waals surface area contributed by atoms with E-state index in [2.05, 4.69) is 20.3 Å². The second-order valence-electron chi connectivity index (χ2n) is 4.72. The van der Waals surface area contributed by atoms with Crippen LogP contribution in [-0.4, -0.2) is 55.8 Å². The lowest BCUT2D eigenvalue weighted by Gasteiger charge is -2.09. The van der Waals surface area contributed by atoms with Gasteiger partial charge in [0.05, 0.1) is 31.9 Å². The summed E-state index contributed by atoms with van der Waals surface area (Å²) in [6, 6.07) is 5.12. The predicted octanol–water partition coefficient (Wildman–Crippen LogP) is 0.676. The average molecular weight is 379 g/mol. The van der Waals surface area contributed by atoms with E-state index in [9.17, 15) is 9.59 Å². The maximum Gasteiger partial charge on any atom is 0.331 e. The number of benzene rings is 1. The standard InChI is InChI=1S/C16H17N3O6S/c1-23-12-7-10(3-4-11(12)25-6-5-20)9-17-19-16-18-15(22)13(26-16)8-14(21)24-2/h3-4,7-9,20H,5-6H2,1-2H3,(H,18,19,22)/b13-8+,17-9?. The number of nitrogens with one attached hydrogen (secondary N) is 1. The van der Waals surface area contributed by atoms with E-state index in [1.54, 1.807) is 18.2 Å². The summed E-state index contributed by atoms with van der Waals surface area (Å²) in [5.74, 6) is -0.0764. The fourth-order valence-corrected chi connectivity index (χ4v) is 2.57. The minimum Gasteiger partial charge on any atom is -0.493 e. The van der Waals surface area contributed by atoms with Gasteiger partial charge in [-0.05, 0) is 35.5 Å². The molecule has 9 nitrogen and oxygen atoms in total. The molecule has 2 rings (SSSR count). The van der Waals surface area contributed by atoms with E-state index < -0.39 is 11.9 Å². The molecular weight excluding hydrogens is 362 g/mol. The van der Waals surface area contributed by atoms with Crippen molar-refractivity contribution in [2.45, 2.75) is 0 Å². The predicted molar refractivity (Wildman–Crippen MR) is 96.4 cm³/mol. The number of aliphatic hydroxyl groups is 1. The molecule has 0 radical (unpaired) electrons. The van der Waals surface area contributed by atoms with E-state index in [0.717, 1.165) is 17.8 Å². The molecule has 26 heavy (non-hydrogen) atoms. The highest BCUT2D eigenvalue weighted by Gasteiger charge is 2.24. The normalized spacial score (nSPS) is 17.0. The molecule has 2 N–H and O–H groups in total. The minimum absolute atomic E-state index is 0.0976. The summed E-state index contributed by atoms with van der Waals surface area (Å²) in [5, 5.41) is 19.3. The number of aliphatic hydroxyl groups excluding tert-OH is 1. The zero-order valence-electron chi connectivity index (χ0n) is 14.1. The van der Waals surface area contributed by atoms with Crippen molar-refractivity contribution in [1.82, 2.24) is 5.32 Å². The molecular formula is C16H17N3O6S. The Morgan fingerprint density at radius 1 is 1.35 bits per heavy atom. The molecule has 1 heterocycles. The Bertz CT molecular complexity index is 775. The molecule has 1 fully saturated rings. The largest absolute Gasteiger partial charge is 0.493 e. The van der Waals surface area contributed by atoms with Crippen molar-refractivity contribution in [3.05, 3.63) is 34.7 Å². The first kappa shape index (κ1) is 19.5. The van der Waals surface area contributed by atoms with Gasteiger partial charge >= 0.3 is 5.97 Å². The van der Waals surface area contributed by atoms with Crippen LogP contribution in [0.4, 0.5) is 0 Å². The second-order valence-corrected chi connectivity index (χ2v) is 5.75. The van der Waals surface area contributed by atoms with E-state index in [-0.39, 0.29) is 23.3 Å². The number of thioether (sulfide) groups is 1. The van der Waals surface area contributed by atoms with Crippen molar-refractivity contribution in [3.63, 3.8) is 0 Å². The molecule has 0 spiro atoms. The molecule has 138 valence electrons. The van der Waals surface area contributed by atoms with Gasteiger partial charge in [0.1, 0.15) is 6.61 Å². The fraction of sp³-hybridized carbons (Fsp3) is 0.250. The third-order valence-electron chi connectivity index (χ3n) is 2.99. The Morgan fingerprint density at radius 2 is 2.15 bits per heavy atom. The molecule has 0 aliphatic carbocycles. The Morgan fingerprint density at radius 3 is 2.85 bits per heavy atom. The van der Waals surface area contributed by atoms with E-state index in [1.165, 1.54) is 20.4 Å². The van der Waals surface area contributed by atoms with Crippen LogP contribution in [0.25, 0.3) is 0 Å². The van der Waals surface area contributed by atoms with Crippen molar-refractivity contribution < 1.29 is 28.9 Å². The number of hydrogen-bond donors (Lipinski definition) is 2. The lowest BCUT2D eigenvalue weighted by atomic mass is 10.2. The van der Waals surface area contributed by atoms with Crippen LogP contribution < -0.4 is 14.8 Å². The fourth-order valence-electron chi connectivity index (χ4n) is 1.83. The van der Waals surface area contributed by atoms with Crippen LogP contribution in [0.15, 0.2) is 39.4 Å². The molecule has 1 aromatic rings. The Hall–Kier alpha value is -2.85. The molecule has 1 amide bonds. The topological polar surface area (TPSA) is 119 Å². The third kappa shape index (κ3) is 5.33. The molecule has 0 saturated carbocycles. The van der Waals surface area contributed by atoms with E-state index >= 15 is 0 Å². The number of carbonyl (C=O) groups excluding carboxylic acids is 2. The molecule has 0 bridgehead atoms. The number of carbonyl (C=O) groups is 2. The van der Waals surface area contributed by atoms with Crippen LogP contribution in [-0.2, 0) is 14.3 Å². The number of ether oxygens (including phenoxy) is 3. The van der Waals surface area contributed by atoms with Gasteiger partial charge in [0, 0.05) is 6.08 Å². The number of nitrogens with zero attached hydrogens (tertiary/aromatic N) is 2. The first-order valence-corrected chi connectivity index (χ1v) is 8.20. The Labute approximate surface area is 153 Å². The van der Waals surface area contributed by atoms with Crippen LogP contribution in [0.5, 0.6) is 11.5 Å². The summed E-state index contributed by atoms with van der Waals surface area (Å²) in [6.45, 7) is 0.0649. The van der Waals surface area contributed by atoms with Crippen molar-refractivity contribution in [1.29, 1.82) is 0 Å². The van der Waals surface area contributed by atoms with Gasteiger partial charge < -0.3 is 19.3 Å². The van der Waals surface area contributed by atoms with Gasteiger partial charge in [-0.3, -0.25) is 10.1 Å². The Kier molecular flexibility index (Phi) is 7.18. The van der Waals surface area contributed by atoms with Crippen LogP contribution in [0, 0.1) is 0 Å². The van der Waals surface area contributed by atoms with Crippen molar-refractivity contribution in [2.24, 2.45) is 10.2 Å². The van der Waals surface area contributed by atoms with Gasteiger partial charge in [0.2, 0.25) is 0 Å². The molecule has 10 heteroatoms. The van der Waals surface area contributed by atoms with E-state index in [4.69, 9.17) is 14.6 Å². The molecule has 0 unspecified atom stereocenters. The van der Waals surface area contributed by atoms with Gasteiger partial charge in [0.25, 0.3) is 5.91 Å². The van der Waals surface area contributed by atoms with Crippen molar-refractivity contribution in [2.75, 3.05) is 27.4 Å². The van der Waals surface area contributed by atoms with Gasteiger partial charge in [-0.1, -0.05) is 0 Å². The molecule has 0 atom stereocenters. The first-order chi connectivity index (χ1) is 12.6. The summed E-state index contributed by atoms with van der Waals surface area (Å²) in [5.41, 5.74) is 0.696. The molecule has 1 aliphatic heterocycles. The van der Waals surface area contributed by atoms with E-state index in [0.29, 0.717) is 17.1 Å². The van der Waals surface area contributed by atoms with E-state index in [1.807, 2.05) is 0 Å². The number of amidine groups is 1.